The van der Waals surface area contributed by atoms with Gasteiger partial charge in [-0.15, -0.1) is 0 Å². The number of aryl methyl sites for hydroxylation is 2. The van der Waals surface area contributed by atoms with Gasteiger partial charge in [-0.1, -0.05) is 6.92 Å². The van der Waals surface area contributed by atoms with Crippen molar-refractivity contribution in [2.45, 2.75) is 46.7 Å². The highest BCUT2D eigenvalue weighted by Crippen LogP contribution is 2.05. The molecule has 1 rings (SSSR count). The Hall–Kier alpha value is -0.870. The molecule has 1 N–H and O–H groups in total. The summed E-state index contributed by atoms with van der Waals surface area (Å²) in [6, 6.07) is 0. The summed E-state index contributed by atoms with van der Waals surface area (Å²) in [5, 5.41) is 7.91. The van der Waals surface area contributed by atoms with Crippen LogP contribution in [0.4, 0.5) is 0 Å². The van der Waals surface area contributed by atoms with Gasteiger partial charge in [0.15, 0.2) is 0 Å². The maximum absolute atomic E-state index is 5.32. The van der Waals surface area contributed by atoms with Crippen LogP contribution in [0.25, 0.3) is 0 Å². The molecule has 0 atom stereocenters. The summed E-state index contributed by atoms with van der Waals surface area (Å²) in [4.78, 5) is 0. The van der Waals surface area contributed by atoms with Crippen molar-refractivity contribution in [3.8, 4) is 0 Å². The first-order chi connectivity index (χ1) is 8.27. The molecule has 98 valence electrons. The van der Waals surface area contributed by atoms with E-state index in [0.29, 0.717) is 0 Å². The molecule has 0 spiro atoms. The van der Waals surface area contributed by atoms with Gasteiger partial charge in [-0.05, 0) is 33.2 Å². The van der Waals surface area contributed by atoms with E-state index in [2.05, 4.69) is 30.5 Å². The Kier molecular flexibility index (Phi) is 6.89. The Bertz CT molecular complexity index is 310. The lowest BCUT2D eigenvalue weighted by Gasteiger charge is -2.02. The lowest BCUT2D eigenvalue weighted by Crippen LogP contribution is -2.13. The molecule has 0 unspecified atom stereocenters. The Morgan fingerprint density at radius 2 is 2.24 bits per heavy atom. The predicted molar refractivity (Wildman–Crippen MR) is 70.1 cm³/mol. The van der Waals surface area contributed by atoms with E-state index in [0.717, 1.165) is 45.0 Å². The molecule has 17 heavy (non-hydrogen) atoms. The van der Waals surface area contributed by atoms with Gasteiger partial charge in [0.2, 0.25) is 0 Å². The molecular weight excluding hydrogens is 214 g/mol. The third-order valence-corrected chi connectivity index (χ3v) is 2.67. The van der Waals surface area contributed by atoms with Crippen molar-refractivity contribution in [1.82, 2.24) is 15.1 Å². The molecule has 0 fully saturated rings. The summed E-state index contributed by atoms with van der Waals surface area (Å²) in [5.41, 5.74) is 2.43. The van der Waals surface area contributed by atoms with E-state index in [1.807, 2.05) is 11.6 Å². The lowest BCUT2D eigenvalue weighted by molar-refractivity contribution is 0.141. The van der Waals surface area contributed by atoms with Crippen molar-refractivity contribution in [3.05, 3.63) is 17.5 Å². The van der Waals surface area contributed by atoms with Crippen LogP contribution in [0.2, 0.25) is 0 Å². The van der Waals surface area contributed by atoms with Gasteiger partial charge in [0, 0.05) is 38.1 Å². The minimum Gasteiger partial charge on any atom is -0.382 e. The fourth-order valence-corrected chi connectivity index (χ4v) is 1.72. The number of hydrogen-bond acceptors (Lipinski definition) is 3. The molecule has 0 saturated heterocycles. The van der Waals surface area contributed by atoms with Crippen molar-refractivity contribution in [2.75, 3.05) is 19.8 Å². The highest BCUT2D eigenvalue weighted by molar-refractivity contribution is 5.14. The van der Waals surface area contributed by atoms with Gasteiger partial charge < -0.3 is 10.1 Å². The fraction of sp³-hybridized carbons (Fsp3) is 0.769. The molecule has 0 aliphatic heterocycles. The lowest BCUT2D eigenvalue weighted by atomic mass is 10.2. The topological polar surface area (TPSA) is 39.1 Å². The number of rotatable bonds is 9. The van der Waals surface area contributed by atoms with Crippen LogP contribution in [0, 0.1) is 6.92 Å². The minimum absolute atomic E-state index is 0.796. The van der Waals surface area contributed by atoms with Gasteiger partial charge in [0.25, 0.3) is 0 Å². The first-order valence-corrected chi connectivity index (χ1v) is 6.59. The van der Waals surface area contributed by atoms with Crippen molar-refractivity contribution in [3.63, 3.8) is 0 Å². The first-order valence-electron chi connectivity index (χ1n) is 6.59. The van der Waals surface area contributed by atoms with E-state index in [1.165, 1.54) is 12.0 Å². The second-order valence-corrected chi connectivity index (χ2v) is 4.23. The minimum atomic E-state index is 0.796. The van der Waals surface area contributed by atoms with Crippen LogP contribution in [-0.4, -0.2) is 29.5 Å². The Labute approximate surface area is 104 Å². The number of hydrogen-bond donors (Lipinski definition) is 1. The first kappa shape index (κ1) is 14.2. The van der Waals surface area contributed by atoms with E-state index in [9.17, 15) is 0 Å². The molecule has 0 aliphatic rings. The largest absolute Gasteiger partial charge is 0.382 e. The summed E-state index contributed by atoms with van der Waals surface area (Å²) in [7, 11) is 0. The van der Waals surface area contributed by atoms with Gasteiger partial charge in [0.1, 0.15) is 0 Å². The molecular formula is C13H25N3O. The Balaban J connectivity index is 2.33. The number of aromatic nitrogens is 2. The molecule has 0 aromatic carbocycles. The maximum atomic E-state index is 5.32. The number of nitrogens with zero attached hydrogens (tertiary/aromatic N) is 2. The second-order valence-electron chi connectivity index (χ2n) is 4.23. The van der Waals surface area contributed by atoms with E-state index in [1.54, 1.807) is 0 Å². The van der Waals surface area contributed by atoms with Crippen molar-refractivity contribution >= 4 is 0 Å². The molecule has 0 radical (unpaired) electrons. The quantitative estimate of drug-likeness (QED) is 0.671. The summed E-state index contributed by atoms with van der Waals surface area (Å²) < 4.78 is 7.34. The molecule has 0 bridgehead atoms. The van der Waals surface area contributed by atoms with Crippen LogP contribution in [0.1, 0.15) is 37.9 Å². The molecule has 4 heteroatoms. The summed E-state index contributed by atoms with van der Waals surface area (Å²) >= 11 is 0. The molecule has 0 amide bonds. The summed E-state index contributed by atoms with van der Waals surface area (Å²) in [5.74, 6) is 0. The average Bonchev–Trinajstić information content (AvgIpc) is 2.66. The van der Waals surface area contributed by atoms with Gasteiger partial charge in [0.05, 0.1) is 5.69 Å². The summed E-state index contributed by atoms with van der Waals surface area (Å²) in [6.45, 7) is 10.8. The molecule has 1 heterocycles. The second kappa shape index (κ2) is 8.25. The fourth-order valence-electron chi connectivity index (χ4n) is 1.72. The smallest absolute Gasteiger partial charge is 0.0638 e. The SMILES string of the molecule is CCCNCc1cn(CCCOCC)nc1C. The van der Waals surface area contributed by atoms with Crippen LogP contribution in [0.5, 0.6) is 0 Å². The summed E-state index contributed by atoms with van der Waals surface area (Å²) in [6.07, 6.45) is 4.34. The zero-order valence-electron chi connectivity index (χ0n) is 11.3. The molecule has 1 aromatic rings. The monoisotopic (exact) mass is 239 g/mol. The zero-order valence-corrected chi connectivity index (χ0v) is 11.3. The molecule has 0 aliphatic carbocycles. The standard InChI is InChI=1S/C13H25N3O/c1-4-7-14-10-13-11-16(15-12(13)3)8-6-9-17-5-2/h11,14H,4-10H2,1-3H3. The van der Waals surface area contributed by atoms with Gasteiger partial charge in [-0.3, -0.25) is 4.68 Å². The van der Waals surface area contributed by atoms with Gasteiger partial charge in [-0.2, -0.15) is 5.10 Å². The van der Waals surface area contributed by atoms with E-state index < -0.39 is 0 Å². The molecule has 0 saturated carbocycles. The van der Waals surface area contributed by atoms with Crippen molar-refractivity contribution in [2.24, 2.45) is 0 Å². The van der Waals surface area contributed by atoms with Crippen LogP contribution in [0.3, 0.4) is 0 Å². The third-order valence-electron chi connectivity index (χ3n) is 2.67. The Morgan fingerprint density at radius 3 is 2.94 bits per heavy atom. The number of nitrogens with one attached hydrogen (secondary N) is 1. The molecule has 4 nitrogen and oxygen atoms in total. The van der Waals surface area contributed by atoms with E-state index in [4.69, 9.17) is 4.74 Å². The number of ether oxygens (including phenoxy) is 1. The Morgan fingerprint density at radius 1 is 1.41 bits per heavy atom. The van der Waals surface area contributed by atoms with Crippen LogP contribution in [0.15, 0.2) is 6.20 Å². The normalized spacial score (nSPS) is 11.0. The van der Waals surface area contributed by atoms with Crippen LogP contribution >= 0.6 is 0 Å². The van der Waals surface area contributed by atoms with Crippen molar-refractivity contribution in [1.29, 1.82) is 0 Å². The maximum Gasteiger partial charge on any atom is 0.0638 e. The predicted octanol–water partition coefficient (Wildman–Crippen LogP) is 2.12. The van der Waals surface area contributed by atoms with E-state index in [-0.39, 0.29) is 0 Å². The molecule has 1 aromatic heterocycles. The van der Waals surface area contributed by atoms with Gasteiger partial charge in [-0.25, -0.2) is 0 Å². The van der Waals surface area contributed by atoms with Crippen LogP contribution in [-0.2, 0) is 17.8 Å². The third kappa shape index (κ3) is 5.33. The highest BCUT2D eigenvalue weighted by atomic mass is 16.5. The van der Waals surface area contributed by atoms with Gasteiger partial charge >= 0.3 is 0 Å². The van der Waals surface area contributed by atoms with Crippen molar-refractivity contribution < 1.29 is 4.74 Å². The van der Waals surface area contributed by atoms with E-state index >= 15 is 0 Å². The highest BCUT2D eigenvalue weighted by Gasteiger charge is 2.03. The zero-order chi connectivity index (χ0) is 12.5. The average molecular weight is 239 g/mol. The van der Waals surface area contributed by atoms with Crippen LogP contribution < -0.4 is 5.32 Å².